The molecule has 2 unspecified atom stereocenters. The molecule has 3 saturated heterocycles. The van der Waals surface area contributed by atoms with E-state index in [4.69, 9.17) is 4.74 Å². The molecular weight excluding hydrogens is 774 g/mol. The number of rotatable bonds is 7. The van der Waals surface area contributed by atoms with Crippen LogP contribution in [0.15, 0.2) is 45.3 Å². The van der Waals surface area contributed by atoms with E-state index in [-0.39, 0.29) is 42.2 Å². The number of carbonyl (C=O) groups excluding carboxylic acids is 3. The second-order valence-electron chi connectivity index (χ2n) is 13.9. The number of aliphatic carboxylic acids is 1. The van der Waals surface area contributed by atoms with E-state index < -0.39 is 24.2 Å². The molecule has 2 aromatic carbocycles. The topological polar surface area (TPSA) is 143 Å². The van der Waals surface area contributed by atoms with Crippen LogP contribution in [0.3, 0.4) is 0 Å². The molecule has 0 aromatic heterocycles. The molecule has 0 aliphatic carbocycles. The fraction of sp³-hybridized carbons (Fsp3) is 0.556. The van der Waals surface area contributed by atoms with Crippen LogP contribution < -0.4 is 5.32 Å². The number of nitrogens with one attached hydrogen (secondary N) is 1. The molecule has 14 heteroatoms. The smallest absolute Gasteiger partial charge is 0.410 e. The lowest BCUT2D eigenvalue weighted by atomic mass is 9.91. The van der Waals surface area contributed by atoms with Gasteiger partial charge in [-0.25, -0.2) is 9.59 Å². The third-order valence-electron chi connectivity index (χ3n) is 10.8. The second kappa shape index (κ2) is 15.9. The molecule has 0 saturated carbocycles. The number of fused-ring (bicyclic) bond motifs is 1. The average molecular weight is 820 g/mol. The Morgan fingerprint density at radius 2 is 1.66 bits per heavy atom. The fourth-order valence-corrected chi connectivity index (χ4v) is 9.32. The molecule has 6 rings (SSSR count). The highest BCUT2D eigenvalue weighted by Crippen LogP contribution is 2.35. The highest BCUT2D eigenvalue weighted by Gasteiger charge is 2.41. The highest BCUT2D eigenvalue weighted by atomic mass is 79.9. The van der Waals surface area contributed by atoms with Crippen LogP contribution in [0.4, 0.5) is 15.3 Å². The number of phenolic OH excluding ortho intramolecular Hbond substituents is 1. The Bertz CT molecular complexity index is 1580. The fourth-order valence-electron chi connectivity index (χ4n) is 8.04. The lowest BCUT2D eigenvalue weighted by Crippen LogP contribution is -2.58. The number of aromatic hydroxyl groups is 1. The normalized spacial score (nSPS) is 24.2. The highest BCUT2D eigenvalue weighted by molar-refractivity contribution is 9.11. The number of piperidine rings is 3. The predicted molar refractivity (Wildman–Crippen MR) is 194 cm³/mol. The van der Waals surface area contributed by atoms with E-state index in [1.807, 2.05) is 36.1 Å². The molecular formula is C36H45Br2N5O7. The van der Waals surface area contributed by atoms with E-state index in [1.165, 1.54) is 0 Å². The Labute approximate surface area is 309 Å². The molecule has 12 nitrogen and oxygen atoms in total. The standard InChI is InChI=1S/C36H45Br2N5O7/c1-22-18-26(42-13-5-4-8-30(42)34(46)47)12-17-41(22)33(45)31(21-23-19-27(37)32(44)28(38)20-23)50-36(49)40-14-10-25(11-15-40)43-16-9-24-6-2-3-7-29(24)39-35(43)48/h2-3,6-7,19-20,22,25-26,30-31,44H,4-5,8-18,21H2,1H3,(H,39,48)(H,46,47)/t22?,26?,30-,31-/m1/s1. The van der Waals surface area contributed by atoms with Crippen LogP contribution in [0, 0.1) is 0 Å². The quantitative estimate of drug-likeness (QED) is 0.317. The number of phenols is 1. The van der Waals surface area contributed by atoms with Gasteiger partial charge in [0.15, 0.2) is 6.10 Å². The van der Waals surface area contributed by atoms with Gasteiger partial charge in [-0.2, -0.15) is 0 Å². The van der Waals surface area contributed by atoms with Gasteiger partial charge in [0.2, 0.25) is 0 Å². The van der Waals surface area contributed by atoms with Crippen molar-refractivity contribution in [2.45, 2.75) is 95.0 Å². The van der Waals surface area contributed by atoms with Crippen LogP contribution in [-0.2, 0) is 27.2 Å². The SMILES string of the molecule is CC1CC(N2CCCC[C@@H]2C(=O)O)CCN1C(=O)[C@@H](Cc1cc(Br)c(O)c(Br)c1)OC(=O)N1CCC(N2CCc3ccccc3NC2=O)CC1. The number of benzene rings is 2. The van der Waals surface area contributed by atoms with Crippen molar-refractivity contribution < 1.29 is 34.1 Å². The Morgan fingerprint density at radius 1 is 0.960 bits per heavy atom. The first-order valence-electron chi connectivity index (χ1n) is 17.6. The summed E-state index contributed by atoms with van der Waals surface area (Å²) in [4.78, 5) is 60.4. The Hall–Kier alpha value is -3.36. The van der Waals surface area contributed by atoms with E-state index in [1.54, 1.807) is 21.9 Å². The molecule has 0 bridgehead atoms. The van der Waals surface area contributed by atoms with E-state index in [2.05, 4.69) is 42.1 Å². The van der Waals surface area contributed by atoms with Crippen LogP contribution in [0.5, 0.6) is 5.75 Å². The molecule has 2 aromatic rings. The van der Waals surface area contributed by atoms with Crippen molar-refractivity contribution in [2.75, 3.05) is 38.0 Å². The van der Waals surface area contributed by atoms with Crippen molar-refractivity contribution in [1.29, 1.82) is 0 Å². The Morgan fingerprint density at radius 3 is 2.36 bits per heavy atom. The van der Waals surface area contributed by atoms with Crippen LogP contribution in [0.2, 0.25) is 0 Å². The molecule has 4 amide bonds. The maximum Gasteiger partial charge on any atom is 0.410 e. The lowest BCUT2D eigenvalue weighted by Gasteiger charge is -2.46. The van der Waals surface area contributed by atoms with Gasteiger partial charge in [-0.05, 0) is 120 Å². The van der Waals surface area contributed by atoms with Crippen molar-refractivity contribution in [3.05, 3.63) is 56.5 Å². The molecule has 4 aliphatic rings. The number of carbonyl (C=O) groups is 4. The van der Waals surface area contributed by atoms with Gasteiger partial charge in [0, 0.05) is 56.4 Å². The van der Waals surface area contributed by atoms with E-state index >= 15 is 0 Å². The number of nitrogens with zero attached hydrogens (tertiary/aromatic N) is 4. The van der Waals surface area contributed by atoms with E-state index in [9.17, 15) is 29.4 Å². The van der Waals surface area contributed by atoms with Crippen molar-refractivity contribution in [3.8, 4) is 5.75 Å². The summed E-state index contributed by atoms with van der Waals surface area (Å²) in [5.41, 5.74) is 2.63. The van der Waals surface area contributed by atoms with Crippen molar-refractivity contribution in [2.24, 2.45) is 0 Å². The van der Waals surface area contributed by atoms with Crippen molar-refractivity contribution >= 4 is 61.5 Å². The number of hydrogen-bond acceptors (Lipinski definition) is 7. The molecule has 4 heterocycles. The first-order valence-corrected chi connectivity index (χ1v) is 19.2. The average Bonchev–Trinajstić information content (AvgIpc) is 3.28. The molecule has 4 atom stereocenters. The monoisotopic (exact) mass is 817 g/mol. The van der Waals surface area contributed by atoms with Gasteiger partial charge in [-0.15, -0.1) is 0 Å². The number of ether oxygens (including phenoxy) is 1. The third-order valence-corrected chi connectivity index (χ3v) is 12.0. The minimum atomic E-state index is -1.11. The van der Waals surface area contributed by atoms with Crippen LogP contribution >= 0.6 is 31.9 Å². The van der Waals surface area contributed by atoms with Crippen molar-refractivity contribution in [3.63, 3.8) is 0 Å². The number of amides is 4. The number of halogens is 2. The largest absolute Gasteiger partial charge is 0.506 e. The zero-order valence-electron chi connectivity index (χ0n) is 28.2. The number of urea groups is 1. The summed E-state index contributed by atoms with van der Waals surface area (Å²) in [6.07, 6.45) is 4.11. The number of anilines is 1. The zero-order valence-corrected chi connectivity index (χ0v) is 31.4. The predicted octanol–water partition coefficient (Wildman–Crippen LogP) is 5.84. The maximum absolute atomic E-state index is 14.2. The first-order chi connectivity index (χ1) is 24.0. The summed E-state index contributed by atoms with van der Waals surface area (Å²) in [6, 6.07) is 10.4. The number of carboxylic acids is 1. The molecule has 0 radical (unpaired) electrons. The summed E-state index contributed by atoms with van der Waals surface area (Å²) in [5, 5.41) is 23.1. The summed E-state index contributed by atoms with van der Waals surface area (Å²) in [7, 11) is 0. The van der Waals surface area contributed by atoms with E-state index in [0.717, 1.165) is 37.1 Å². The summed E-state index contributed by atoms with van der Waals surface area (Å²) in [6.45, 7) is 4.51. The second-order valence-corrected chi connectivity index (χ2v) is 15.6. The number of carboxylic acid groups (broad SMARTS) is 1. The summed E-state index contributed by atoms with van der Waals surface area (Å²) in [5.74, 6) is -1.06. The van der Waals surface area contributed by atoms with Gasteiger partial charge in [-0.1, -0.05) is 24.6 Å². The molecule has 3 fully saturated rings. The molecule has 3 N–H and O–H groups in total. The molecule has 50 heavy (non-hydrogen) atoms. The number of para-hydroxylation sites is 1. The van der Waals surface area contributed by atoms with Crippen molar-refractivity contribution in [1.82, 2.24) is 19.6 Å². The Kier molecular flexibility index (Phi) is 11.6. The summed E-state index contributed by atoms with van der Waals surface area (Å²) >= 11 is 6.74. The third kappa shape index (κ3) is 8.07. The zero-order chi connectivity index (χ0) is 35.5. The van der Waals surface area contributed by atoms with Gasteiger partial charge in [0.05, 0.1) is 8.95 Å². The van der Waals surface area contributed by atoms with Gasteiger partial charge in [0.1, 0.15) is 11.8 Å². The van der Waals surface area contributed by atoms with Gasteiger partial charge in [-0.3, -0.25) is 14.5 Å². The minimum Gasteiger partial charge on any atom is -0.506 e. The summed E-state index contributed by atoms with van der Waals surface area (Å²) < 4.78 is 6.94. The van der Waals surface area contributed by atoms with Crippen LogP contribution in [0.1, 0.15) is 63.0 Å². The van der Waals surface area contributed by atoms with Gasteiger partial charge >= 0.3 is 18.1 Å². The first kappa shape index (κ1) is 36.4. The minimum absolute atomic E-state index is 0.0275. The van der Waals surface area contributed by atoms with Gasteiger partial charge in [0.25, 0.3) is 5.91 Å². The Balaban J connectivity index is 1.12. The number of hydrogen-bond donors (Lipinski definition) is 3. The number of likely N-dealkylation sites (tertiary alicyclic amines) is 3. The van der Waals surface area contributed by atoms with Gasteiger partial charge < -0.3 is 35.0 Å². The molecule has 0 spiro atoms. The van der Waals surface area contributed by atoms with E-state index in [0.29, 0.717) is 72.8 Å². The maximum atomic E-state index is 14.2. The van der Waals surface area contributed by atoms with Crippen LogP contribution in [0.25, 0.3) is 0 Å². The molecule has 4 aliphatic heterocycles. The molecule has 270 valence electrons. The lowest BCUT2D eigenvalue weighted by molar-refractivity contribution is -0.150. The van der Waals surface area contributed by atoms with Crippen LogP contribution in [-0.4, -0.2) is 117 Å².